The predicted molar refractivity (Wildman–Crippen MR) is 95.9 cm³/mol. The molecule has 0 saturated heterocycles. The smallest absolute Gasteiger partial charge is 0.292 e. The molecule has 9 heteroatoms. The number of para-hydroxylation sites is 2. The average molecular weight is 362 g/mol. The lowest BCUT2D eigenvalue weighted by molar-refractivity contribution is -0.383. The molecule has 2 N–H and O–H groups in total. The van der Waals surface area contributed by atoms with Crippen LogP contribution in [-0.2, 0) is 11.2 Å². The number of nitrogens with zero attached hydrogens (tertiary/aromatic N) is 2. The molecule has 0 spiro atoms. The number of rotatable bonds is 7. The van der Waals surface area contributed by atoms with Crippen LogP contribution in [0.3, 0.4) is 0 Å². The van der Waals surface area contributed by atoms with Gasteiger partial charge in [0, 0.05) is 17.8 Å². The van der Waals surface area contributed by atoms with Gasteiger partial charge in [0.2, 0.25) is 5.91 Å². The number of aromatic nitrogens is 2. The molecule has 0 radical (unpaired) electrons. The number of carbonyl (C=O) groups is 1. The fraction of sp³-hybridized carbons (Fsp3) is 0.312. The molecule has 1 heterocycles. The van der Waals surface area contributed by atoms with Crippen molar-refractivity contribution >= 4 is 29.0 Å². The molecule has 1 aromatic carbocycles. The van der Waals surface area contributed by atoms with Crippen LogP contribution in [0, 0.1) is 10.1 Å². The maximum absolute atomic E-state index is 12.3. The van der Waals surface area contributed by atoms with Crippen LogP contribution in [0.5, 0.6) is 0 Å². The fourth-order valence-corrected chi connectivity index (χ4v) is 2.95. The number of nitro benzene ring substituents is 1. The number of benzene rings is 1. The largest absolute Gasteiger partial charge is 0.319 e. The number of hydrogen-bond acceptors (Lipinski definition) is 6. The first-order valence-electron chi connectivity index (χ1n) is 7.72. The van der Waals surface area contributed by atoms with Crippen LogP contribution in [-0.4, -0.2) is 26.0 Å². The van der Waals surface area contributed by atoms with E-state index in [1.54, 1.807) is 13.0 Å². The molecule has 0 saturated carbocycles. The number of H-pyrrole nitrogens is 1. The summed E-state index contributed by atoms with van der Waals surface area (Å²) in [5.74, 6) is -0.414. The average Bonchev–Trinajstić information content (AvgIpc) is 2.54. The SMILES string of the molecule is CCCc1cc(=O)[nH]c(S[C@@H](C)C(=O)Nc2ccccc2[N+](=O)[O-])n1. The minimum absolute atomic E-state index is 0.131. The van der Waals surface area contributed by atoms with Gasteiger partial charge in [0.15, 0.2) is 5.16 Å². The van der Waals surface area contributed by atoms with E-state index in [4.69, 9.17) is 0 Å². The summed E-state index contributed by atoms with van der Waals surface area (Å²) in [5.41, 5.74) is 0.350. The zero-order valence-electron chi connectivity index (χ0n) is 13.8. The highest BCUT2D eigenvalue weighted by Gasteiger charge is 2.20. The van der Waals surface area contributed by atoms with Crippen molar-refractivity contribution < 1.29 is 9.72 Å². The Hall–Kier alpha value is -2.68. The van der Waals surface area contributed by atoms with Crippen molar-refractivity contribution in [1.29, 1.82) is 0 Å². The van der Waals surface area contributed by atoms with Crippen molar-refractivity contribution in [2.24, 2.45) is 0 Å². The summed E-state index contributed by atoms with van der Waals surface area (Å²) < 4.78 is 0. The van der Waals surface area contributed by atoms with Gasteiger partial charge in [0.1, 0.15) is 5.69 Å². The first-order valence-corrected chi connectivity index (χ1v) is 8.60. The van der Waals surface area contributed by atoms with Gasteiger partial charge in [0.05, 0.1) is 10.2 Å². The number of anilines is 1. The van der Waals surface area contributed by atoms with Crippen LogP contribution in [0.1, 0.15) is 26.0 Å². The van der Waals surface area contributed by atoms with Gasteiger partial charge < -0.3 is 10.3 Å². The number of amides is 1. The Labute approximate surface area is 148 Å². The van der Waals surface area contributed by atoms with Gasteiger partial charge in [-0.3, -0.25) is 19.7 Å². The van der Waals surface area contributed by atoms with E-state index in [1.807, 2.05) is 6.92 Å². The first kappa shape index (κ1) is 18.7. The van der Waals surface area contributed by atoms with Crippen molar-refractivity contribution in [1.82, 2.24) is 9.97 Å². The number of nitrogens with one attached hydrogen (secondary N) is 2. The quantitative estimate of drug-likeness (QED) is 0.338. The van der Waals surface area contributed by atoms with Gasteiger partial charge in [0.25, 0.3) is 11.2 Å². The molecule has 2 rings (SSSR count). The molecular weight excluding hydrogens is 344 g/mol. The number of aromatic amines is 1. The summed E-state index contributed by atoms with van der Waals surface area (Å²) >= 11 is 1.09. The van der Waals surface area contributed by atoms with Crippen LogP contribution >= 0.6 is 11.8 Å². The molecule has 1 aromatic heterocycles. The highest BCUT2D eigenvalue weighted by molar-refractivity contribution is 8.00. The molecule has 2 aromatic rings. The Balaban J connectivity index is 2.11. The Morgan fingerprint density at radius 2 is 2.16 bits per heavy atom. The molecule has 8 nitrogen and oxygen atoms in total. The van der Waals surface area contributed by atoms with Gasteiger partial charge in [-0.25, -0.2) is 4.98 Å². The summed E-state index contributed by atoms with van der Waals surface area (Å²) in [6.07, 6.45) is 1.53. The van der Waals surface area contributed by atoms with E-state index in [0.717, 1.165) is 18.2 Å². The van der Waals surface area contributed by atoms with Gasteiger partial charge in [-0.2, -0.15) is 0 Å². The van der Waals surface area contributed by atoms with Crippen LogP contribution in [0.15, 0.2) is 40.3 Å². The number of thioether (sulfide) groups is 1. The van der Waals surface area contributed by atoms with Gasteiger partial charge in [-0.05, 0) is 19.4 Å². The van der Waals surface area contributed by atoms with Gasteiger partial charge in [-0.1, -0.05) is 37.2 Å². The highest BCUT2D eigenvalue weighted by Crippen LogP contribution is 2.25. The van der Waals surface area contributed by atoms with E-state index < -0.39 is 16.1 Å². The van der Waals surface area contributed by atoms with E-state index in [-0.39, 0.29) is 16.9 Å². The monoisotopic (exact) mass is 362 g/mol. The Kier molecular flexibility index (Phi) is 6.29. The van der Waals surface area contributed by atoms with Crippen molar-refractivity contribution in [2.75, 3.05) is 5.32 Å². The maximum Gasteiger partial charge on any atom is 0.292 e. The molecule has 0 fully saturated rings. The lowest BCUT2D eigenvalue weighted by Crippen LogP contribution is -2.23. The first-order chi connectivity index (χ1) is 11.9. The third kappa shape index (κ3) is 5.15. The minimum atomic E-state index is -0.597. The molecule has 0 aliphatic carbocycles. The van der Waals surface area contributed by atoms with Crippen LogP contribution in [0.25, 0.3) is 0 Å². The Morgan fingerprint density at radius 3 is 2.84 bits per heavy atom. The van der Waals surface area contributed by atoms with E-state index in [1.165, 1.54) is 24.3 Å². The number of aryl methyl sites for hydroxylation is 1. The summed E-state index contributed by atoms with van der Waals surface area (Å²) in [6, 6.07) is 7.36. The number of hydrogen-bond donors (Lipinski definition) is 2. The molecule has 132 valence electrons. The van der Waals surface area contributed by atoms with Crippen molar-refractivity contribution in [2.45, 2.75) is 37.1 Å². The second kappa shape index (κ2) is 8.43. The molecule has 0 unspecified atom stereocenters. The van der Waals surface area contributed by atoms with Crippen molar-refractivity contribution in [3.8, 4) is 0 Å². The molecule has 1 atom stereocenters. The van der Waals surface area contributed by atoms with Gasteiger partial charge >= 0.3 is 0 Å². The Bertz CT molecular complexity index is 837. The molecule has 1 amide bonds. The molecule has 0 aliphatic heterocycles. The van der Waals surface area contributed by atoms with E-state index in [9.17, 15) is 19.7 Å². The fourth-order valence-electron chi connectivity index (χ4n) is 2.12. The van der Waals surface area contributed by atoms with Crippen molar-refractivity contribution in [3.63, 3.8) is 0 Å². The third-order valence-corrected chi connectivity index (χ3v) is 4.28. The normalized spacial score (nSPS) is 11.8. The highest BCUT2D eigenvalue weighted by atomic mass is 32.2. The van der Waals surface area contributed by atoms with Crippen LogP contribution in [0.2, 0.25) is 0 Å². The van der Waals surface area contributed by atoms with E-state index in [2.05, 4.69) is 15.3 Å². The summed E-state index contributed by atoms with van der Waals surface area (Å²) in [6.45, 7) is 3.62. The molecule has 0 aliphatic rings. The second-order valence-electron chi connectivity index (χ2n) is 5.32. The lowest BCUT2D eigenvalue weighted by atomic mass is 10.2. The number of carbonyl (C=O) groups excluding carboxylic acids is 1. The minimum Gasteiger partial charge on any atom is -0.319 e. The number of nitro groups is 1. The third-order valence-electron chi connectivity index (χ3n) is 3.30. The predicted octanol–water partition coefficient (Wildman–Crippen LogP) is 2.75. The summed E-state index contributed by atoms with van der Waals surface area (Å²) in [5, 5.41) is 13.3. The lowest BCUT2D eigenvalue weighted by Gasteiger charge is -2.12. The summed E-state index contributed by atoms with van der Waals surface area (Å²) in [4.78, 5) is 41.3. The second-order valence-corrected chi connectivity index (χ2v) is 6.64. The van der Waals surface area contributed by atoms with Crippen molar-refractivity contribution in [3.05, 3.63) is 56.5 Å². The van der Waals surface area contributed by atoms with Crippen LogP contribution < -0.4 is 10.9 Å². The zero-order valence-corrected chi connectivity index (χ0v) is 14.6. The van der Waals surface area contributed by atoms with E-state index in [0.29, 0.717) is 17.3 Å². The molecule has 0 bridgehead atoms. The maximum atomic E-state index is 12.3. The van der Waals surface area contributed by atoms with Gasteiger partial charge in [-0.15, -0.1) is 0 Å². The molecular formula is C16H18N4O4S. The van der Waals surface area contributed by atoms with Crippen LogP contribution in [0.4, 0.5) is 11.4 Å². The standard InChI is InChI=1S/C16H18N4O4S/c1-3-6-11-9-14(21)19-16(17-11)25-10(2)15(22)18-12-7-4-5-8-13(12)20(23)24/h4-5,7-10H,3,6H2,1-2H3,(H,18,22)(H,17,19,21)/t10-/m0/s1. The zero-order chi connectivity index (χ0) is 18.4. The Morgan fingerprint density at radius 1 is 1.44 bits per heavy atom. The summed E-state index contributed by atoms with van der Waals surface area (Å²) in [7, 11) is 0. The topological polar surface area (TPSA) is 118 Å². The van der Waals surface area contributed by atoms with E-state index >= 15 is 0 Å². The molecule has 25 heavy (non-hydrogen) atoms.